The number of hydrogen-bond donors (Lipinski definition) is 2. The van der Waals surface area contributed by atoms with Crippen molar-refractivity contribution >= 4 is 15.9 Å². The first-order chi connectivity index (χ1) is 11.8. The number of nitrogens with one attached hydrogen (secondary N) is 2. The number of carbonyl (C=O) groups is 1. The molecule has 1 aromatic carbocycles. The highest BCUT2D eigenvalue weighted by molar-refractivity contribution is 7.89. The van der Waals surface area contributed by atoms with Crippen molar-refractivity contribution in [3.63, 3.8) is 0 Å². The zero-order valence-electron chi connectivity index (χ0n) is 15.5. The van der Waals surface area contributed by atoms with Gasteiger partial charge in [-0.05, 0) is 43.5 Å². The van der Waals surface area contributed by atoms with Gasteiger partial charge in [-0.3, -0.25) is 4.79 Å². The van der Waals surface area contributed by atoms with Gasteiger partial charge in [0.1, 0.15) is 5.75 Å². The van der Waals surface area contributed by atoms with Gasteiger partial charge in [0, 0.05) is 13.1 Å². The van der Waals surface area contributed by atoms with Gasteiger partial charge in [0.05, 0.1) is 4.90 Å². The molecule has 2 N–H and O–H groups in total. The van der Waals surface area contributed by atoms with Gasteiger partial charge in [0.15, 0.2) is 6.10 Å². The van der Waals surface area contributed by atoms with Gasteiger partial charge in [-0.25, -0.2) is 13.1 Å². The highest BCUT2D eigenvalue weighted by Gasteiger charge is 2.16. The third-order valence-corrected chi connectivity index (χ3v) is 5.05. The molecule has 0 bridgehead atoms. The molecule has 0 aliphatic heterocycles. The lowest BCUT2D eigenvalue weighted by Crippen LogP contribution is -2.38. The second kappa shape index (κ2) is 10.4. The molecule has 1 aromatic rings. The van der Waals surface area contributed by atoms with E-state index in [0.29, 0.717) is 24.8 Å². The van der Waals surface area contributed by atoms with Crippen molar-refractivity contribution in [3.05, 3.63) is 24.3 Å². The number of ether oxygens (including phenoxy) is 1. The summed E-state index contributed by atoms with van der Waals surface area (Å²) < 4.78 is 32.5. The second-order valence-electron chi connectivity index (χ2n) is 6.48. The van der Waals surface area contributed by atoms with Crippen LogP contribution >= 0.6 is 0 Å². The van der Waals surface area contributed by atoms with E-state index in [1.807, 2.05) is 13.8 Å². The number of hydrogen-bond acceptors (Lipinski definition) is 4. The van der Waals surface area contributed by atoms with E-state index in [1.165, 1.54) is 12.1 Å². The summed E-state index contributed by atoms with van der Waals surface area (Å²) in [5.74, 6) is 0.630. The Morgan fingerprint density at radius 3 is 2.32 bits per heavy atom. The normalized spacial score (nSPS) is 12.8. The lowest BCUT2D eigenvalue weighted by atomic mass is 10.2. The zero-order valence-corrected chi connectivity index (χ0v) is 16.4. The van der Waals surface area contributed by atoms with Crippen molar-refractivity contribution in [1.29, 1.82) is 0 Å². The van der Waals surface area contributed by atoms with Crippen molar-refractivity contribution < 1.29 is 17.9 Å². The Labute approximate surface area is 151 Å². The van der Waals surface area contributed by atoms with Crippen molar-refractivity contribution in [2.24, 2.45) is 5.92 Å². The topological polar surface area (TPSA) is 84.5 Å². The van der Waals surface area contributed by atoms with E-state index < -0.39 is 16.1 Å². The number of rotatable bonds is 11. The van der Waals surface area contributed by atoms with E-state index in [2.05, 4.69) is 17.0 Å². The monoisotopic (exact) mass is 370 g/mol. The minimum Gasteiger partial charge on any atom is -0.481 e. The molecule has 0 spiro atoms. The molecular weight excluding hydrogens is 340 g/mol. The number of unbranched alkanes of at least 4 members (excludes halogenated alkanes) is 2. The van der Waals surface area contributed by atoms with E-state index in [0.717, 1.165) is 19.3 Å². The van der Waals surface area contributed by atoms with Gasteiger partial charge in [-0.1, -0.05) is 33.6 Å². The third-order valence-electron chi connectivity index (χ3n) is 3.57. The Morgan fingerprint density at radius 2 is 1.76 bits per heavy atom. The molecule has 7 heteroatoms. The Bertz CT molecular complexity index is 627. The Balaban J connectivity index is 2.59. The zero-order chi connectivity index (χ0) is 18.9. The molecule has 1 rings (SSSR count). The molecule has 0 aromatic heterocycles. The standard InChI is InChI=1S/C18H30N2O4S/c1-5-6-7-12-20-25(22,23)17-10-8-16(9-11-17)24-15(4)18(21)19-13-14(2)3/h8-11,14-15,20H,5-7,12-13H2,1-4H3,(H,19,21)/t15-/m1/s1. The highest BCUT2D eigenvalue weighted by Crippen LogP contribution is 2.17. The summed E-state index contributed by atoms with van der Waals surface area (Å²) in [7, 11) is -3.51. The summed E-state index contributed by atoms with van der Waals surface area (Å²) >= 11 is 0. The fraction of sp³-hybridized carbons (Fsp3) is 0.611. The molecule has 142 valence electrons. The summed E-state index contributed by atoms with van der Waals surface area (Å²) in [6.45, 7) is 8.78. The van der Waals surface area contributed by atoms with Gasteiger partial charge in [0.2, 0.25) is 10.0 Å². The number of amides is 1. The quantitative estimate of drug-likeness (QED) is 0.587. The van der Waals surface area contributed by atoms with E-state index in [4.69, 9.17) is 4.74 Å². The van der Waals surface area contributed by atoms with Crippen LogP contribution in [0.25, 0.3) is 0 Å². The van der Waals surface area contributed by atoms with Crippen molar-refractivity contribution in [2.45, 2.75) is 58.0 Å². The first-order valence-electron chi connectivity index (χ1n) is 8.80. The maximum absolute atomic E-state index is 12.2. The molecule has 1 amide bonds. The van der Waals surface area contributed by atoms with Crippen LogP contribution in [0.15, 0.2) is 29.2 Å². The SMILES string of the molecule is CCCCCNS(=O)(=O)c1ccc(O[C@H](C)C(=O)NCC(C)C)cc1. The number of carbonyl (C=O) groups excluding carboxylic acids is 1. The molecule has 6 nitrogen and oxygen atoms in total. The van der Waals surface area contributed by atoms with Gasteiger partial charge in [-0.15, -0.1) is 0 Å². The Kier molecular flexibility index (Phi) is 8.92. The minimum atomic E-state index is -3.51. The van der Waals surface area contributed by atoms with Crippen LogP contribution in [0.3, 0.4) is 0 Å². The van der Waals surface area contributed by atoms with Crippen molar-refractivity contribution in [1.82, 2.24) is 10.0 Å². The van der Waals surface area contributed by atoms with Crippen LogP contribution in [0.4, 0.5) is 0 Å². The van der Waals surface area contributed by atoms with Crippen molar-refractivity contribution in [2.75, 3.05) is 13.1 Å². The average molecular weight is 371 g/mol. The van der Waals surface area contributed by atoms with Crippen LogP contribution in [0.2, 0.25) is 0 Å². The smallest absolute Gasteiger partial charge is 0.260 e. The first kappa shape index (κ1) is 21.4. The molecule has 0 unspecified atom stereocenters. The van der Waals surface area contributed by atoms with E-state index in [1.54, 1.807) is 19.1 Å². The van der Waals surface area contributed by atoms with Crippen LogP contribution in [0, 0.1) is 5.92 Å². The van der Waals surface area contributed by atoms with E-state index in [9.17, 15) is 13.2 Å². The van der Waals surface area contributed by atoms with Crippen LogP contribution in [-0.4, -0.2) is 33.5 Å². The summed E-state index contributed by atoms with van der Waals surface area (Å²) in [6, 6.07) is 6.09. The lowest BCUT2D eigenvalue weighted by molar-refractivity contribution is -0.127. The fourth-order valence-electron chi connectivity index (χ4n) is 2.07. The third kappa shape index (κ3) is 7.88. The molecule has 0 saturated heterocycles. The molecule has 0 fully saturated rings. The Morgan fingerprint density at radius 1 is 1.12 bits per heavy atom. The maximum atomic E-state index is 12.2. The molecular formula is C18H30N2O4S. The van der Waals surface area contributed by atoms with Gasteiger partial charge in [0.25, 0.3) is 5.91 Å². The minimum absolute atomic E-state index is 0.188. The molecule has 0 aliphatic rings. The van der Waals surface area contributed by atoms with Gasteiger partial charge >= 0.3 is 0 Å². The Hall–Kier alpha value is -1.60. The summed E-state index contributed by atoms with van der Waals surface area (Å²) in [4.78, 5) is 12.1. The molecule has 0 aliphatic carbocycles. The second-order valence-corrected chi connectivity index (χ2v) is 8.24. The number of benzene rings is 1. The van der Waals surface area contributed by atoms with Crippen LogP contribution in [-0.2, 0) is 14.8 Å². The van der Waals surface area contributed by atoms with E-state index in [-0.39, 0.29) is 10.8 Å². The highest BCUT2D eigenvalue weighted by atomic mass is 32.2. The fourth-order valence-corrected chi connectivity index (χ4v) is 3.14. The molecule has 0 radical (unpaired) electrons. The largest absolute Gasteiger partial charge is 0.481 e. The summed E-state index contributed by atoms with van der Waals surface area (Å²) in [6.07, 6.45) is 2.20. The maximum Gasteiger partial charge on any atom is 0.260 e. The van der Waals surface area contributed by atoms with E-state index >= 15 is 0 Å². The predicted molar refractivity (Wildman–Crippen MR) is 99.1 cm³/mol. The average Bonchev–Trinajstić information content (AvgIpc) is 2.57. The van der Waals surface area contributed by atoms with Gasteiger partial charge < -0.3 is 10.1 Å². The van der Waals surface area contributed by atoms with Crippen molar-refractivity contribution in [3.8, 4) is 5.75 Å². The van der Waals surface area contributed by atoms with Crippen LogP contribution in [0.5, 0.6) is 5.75 Å². The molecule has 0 saturated carbocycles. The predicted octanol–water partition coefficient (Wildman–Crippen LogP) is 2.69. The first-order valence-corrected chi connectivity index (χ1v) is 10.3. The summed E-state index contributed by atoms with van der Waals surface area (Å²) in [5, 5.41) is 2.80. The molecule has 0 heterocycles. The van der Waals surface area contributed by atoms with Gasteiger partial charge in [-0.2, -0.15) is 0 Å². The molecule has 25 heavy (non-hydrogen) atoms. The summed E-state index contributed by atoms with van der Waals surface area (Å²) in [5.41, 5.74) is 0. The molecule has 1 atom stereocenters. The number of sulfonamides is 1. The lowest BCUT2D eigenvalue weighted by Gasteiger charge is -2.16. The van der Waals surface area contributed by atoms with Crippen LogP contribution in [0.1, 0.15) is 47.0 Å². The van der Waals surface area contributed by atoms with Crippen LogP contribution < -0.4 is 14.8 Å².